The highest BCUT2D eigenvalue weighted by atomic mass is 79.9. The molecule has 0 atom stereocenters. The lowest BCUT2D eigenvalue weighted by atomic mass is 10.1. The van der Waals surface area contributed by atoms with Crippen LogP contribution in [-0.4, -0.2) is 39.2 Å². The summed E-state index contributed by atoms with van der Waals surface area (Å²) in [5.74, 6) is 0.563. The monoisotopic (exact) mass is 374 g/mol. The number of halogens is 2. The van der Waals surface area contributed by atoms with E-state index < -0.39 is 5.24 Å². The molecule has 0 bridgehead atoms. The summed E-state index contributed by atoms with van der Waals surface area (Å²) in [7, 11) is 1.49. The van der Waals surface area contributed by atoms with Crippen LogP contribution in [0.1, 0.15) is 15.9 Å². The first-order chi connectivity index (χ1) is 10.0. The summed E-state index contributed by atoms with van der Waals surface area (Å²) in [6.45, 7) is 2.48. The van der Waals surface area contributed by atoms with Gasteiger partial charge in [0.25, 0.3) is 5.24 Å². The lowest BCUT2D eigenvalue weighted by Crippen LogP contribution is -2.12. The van der Waals surface area contributed by atoms with Crippen molar-refractivity contribution in [1.29, 1.82) is 0 Å². The molecule has 9 heteroatoms. The number of methoxy groups -OCH3 is 1. The van der Waals surface area contributed by atoms with Gasteiger partial charge in [0.05, 0.1) is 18.1 Å². The number of hydrogen-bond acceptors (Lipinski definition) is 6. The van der Waals surface area contributed by atoms with Crippen LogP contribution < -0.4 is 9.47 Å². The first-order valence-corrected chi connectivity index (χ1v) is 7.13. The highest BCUT2D eigenvalue weighted by molar-refractivity contribution is 9.10. The van der Waals surface area contributed by atoms with Gasteiger partial charge in [-0.3, -0.25) is 4.79 Å². The van der Waals surface area contributed by atoms with Crippen LogP contribution in [-0.2, 0) is 6.54 Å². The zero-order chi connectivity index (χ0) is 15.4. The normalized spacial score (nSPS) is 10.5. The van der Waals surface area contributed by atoms with Crippen molar-refractivity contribution >= 4 is 32.8 Å². The van der Waals surface area contributed by atoms with E-state index in [1.54, 1.807) is 19.1 Å². The Labute approximate surface area is 134 Å². The largest absolute Gasteiger partial charge is 0.490 e. The molecule has 0 saturated carbocycles. The molecule has 0 aliphatic heterocycles. The molecule has 1 heterocycles. The summed E-state index contributed by atoms with van der Waals surface area (Å²) < 4.78 is 12.9. The second-order valence-electron chi connectivity index (χ2n) is 4.06. The minimum atomic E-state index is -0.521. The molecule has 0 N–H and O–H groups in total. The van der Waals surface area contributed by atoms with Crippen LogP contribution in [0.5, 0.6) is 11.8 Å². The number of carbonyl (C=O) groups is 1. The van der Waals surface area contributed by atoms with Crippen molar-refractivity contribution in [1.82, 2.24) is 20.2 Å². The number of hydrogen-bond donors (Lipinski definition) is 0. The molecule has 0 aliphatic rings. The van der Waals surface area contributed by atoms with Gasteiger partial charge < -0.3 is 9.47 Å². The van der Waals surface area contributed by atoms with Gasteiger partial charge in [-0.1, -0.05) is 5.10 Å². The highest BCUT2D eigenvalue weighted by Crippen LogP contribution is 2.31. The van der Waals surface area contributed by atoms with Gasteiger partial charge in [-0.15, -0.1) is 0 Å². The Morgan fingerprint density at radius 2 is 2.24 bits per heavy atom. The molecule has 0 saturated heterocycles. The molecule has 0 fully saturated rings. The number of aromatic nitrogens is 4. The molecular weight excluding hydrogens is 364 g/mol. The molecule has 0 aliphatic carbocycles. The Balaban J connectivity index is 2.10. The van der Waals surface area contributed by atoms with Crippen molar-refractivity contribution in [3.8, 4) is 11.8 Å². The van der Waals surface area contributed by atoms with Crippen LogP contribution >= 0.6 is 27.5 Å². The number of rotatable bonds is 6. The Morgan fingerprint density at radius 1 is 1.48 bits per heavy atom. The molecule has 2 aromatic rings. The first-order valence-electron chi connectivity index (χ1n) is 5.96. The van der Waals surface area contributed by atoms with Crippen molar-refractivity contribution in [3.05, 3.63) is 27.7 Å². The quantitative estimate of drug-likeness (QED) is 0.720. The van der Waals surface area contributed by atoms with Gasteiger partial charge in [-0.25, -0.2) is 0 Å². The molecule has 0 unspecified atom stereocenters. The third-order valence-corrected chi connectivity index (χ3v) is 3.63. The molecule has 0 radical (unpaired) electrons. The molecule has 112 valence electrons. The van der Waals surface area contributed by atoms with Gasteiger partial charge in [0, 0.05) is 11.1 Å². The fourth-order valence-corrected chi connectivity index (χ4v) is 2.51. The van der Waals surface area contributed by atoms with Crippen LogP contribution in [0, 0.1) is 6.92 Å². The zero-order valence-corrected chi connectivity index (χ0v) is 13.7. The van der Waals surface area contributed by atoms with E-state index in [9.17, 15) is 4.79 Å². The summed E-state index contributed by atoms with van der Waals surface area (Å²) in [4.78, 5) is 11.3. The smallest absolute Gasteiger partial charge is 0.335 e. The third-order valence-electron chi connectivity index (χ3n) is 2.80. The summed E-state index contributed by atoms with van der Waals surface area (Å²) >= 11 is 8.92. The van der Waals surface area contributed by atoms with Crippen molar-refractivity contribution < 1.29 is 14.3 Å². The molecule has 2 rings (SSSR count). The molecule has 1 aromatic heterocycles. The van der Waals surface area contributed by atoms with Crippen LogP contribution in [0.4, 0.5) is 0 Å². The van der Waals surface area contributed by atoms with E-state index in [1.165, 1.54) is 11.8 Å². The second-order valence-corrected chi connectivity index (χ2v) is 5.26. The lowest BCUT2D eigenvalue weighted by molar-refractivity contribution is 0.108. The van der Waals surface area contributed by atoms with E-state index in [0.29, 0.717) is 36.0 Å². The number of ether oxygens (including phenoxy) is 2. The lowest BCUT2D eigenvalue weighted by Gasteiger charge is -2.13. The minimum absolute atomic E-state index is 0.305. The van der Waals surface area contributed by atoms with Crippen molar-refractivity contribution in [2.45, 2.75) is 13.5 Å². The molecule has 7 nitrogen and oxygen atoms in total. The highest BCUT2D eigenvalue weighted by Gasteiger charge is 2.14. The minimum Gasteiger partial charge on any atom is -0.490 e. The maximum absolute atomic E-state index is 11.3. The number of benzene rings is 1. The van der Waals surface area contributed by atoms with Gasteiger partial charge in [-0.2, -0.15) is 4.68 Å². The predicted octanol–water partition coefficient (Wildman–Crippen LogP) is 2.21. The van der Waals surface area contributed by atoms with Crippen molar-refractivity contribution in [2.75, 3.05) is 13.7 Å². The van der Waals surface area contributed by atoms with Crippen LogP contribution in [0.15, 0.2) is 16.6 Å². The Hall–Kier alpha value is -1.67. The molecule has 0 amide bonds. The fourth-order valence-electron chi connectivity index (χ4n) is 1.77. The van der Waals surface area contributed by atoms with E-state index >= 15 is 0 Å². The second kappa shape index (κ2) is 6.86. The Kier molecular flexibility index (Phi) is 5.13. The van der Waals surface area contributed by atoms with Crippen LogP contribution in [0.25, 0.3) is 0 Å². The molecular formula is C12H12BrClN4O3. The zero-order valence-electron chi connectivity index (χ0n) is 11.3. The first kappa shape index (κ1) is 15.7. The third kappa shape index (κ3) is 3.51. The maximum Gasteiger partial charge on any atom is 0.335 e. The van der Waals surface area contributed by atoms with E-state index in [0.717, 1.165) is 4.47 Å². The summed E-state index contributed by atoms with van der Waals surface area (Å²) in [5.41, 5.74) is 1.09. The van der Waals surface area contributed by atoms with E-state index in [-0.39, 0.29) is 0 Å². The summed E-state index contributed by atoms with van der Waals surface area (Å²) in [5, 5.41) is 10.4. The summed E-state index contributed by atoms with van der Waals surface area (Å²) in [6, 6.07) is 3.67. The van der Waals surface area contributed by atoms with Crippen molar-refractivity contribution in [3.63, 3.8) is 0 Å². The van der Waals surface area contributed by atoms with Crippen molar-refractivity contribution in [2.24, 2.45) is 0 Å². The van der Waals surface area contributed by atoms with E-state index in [2.05, 4.69) is 31.5 Å². The predicted molar refractivity (Wildman–Crippen MR) is 78.9 cm³/mol. The van der Waals surface area contributed by atoms with Gasteiger partial charge in [-0.05, 0) is 57.0 Å². The Morgan fingerprint density at radius 3 is 2.90 bits per heavy atom. The molecule has 1 aromatic carbocycles. The fraction of sp³-hybridized carbons (Fsp3) is 0.333. The average Bonchev–Trinajstić information content (AvgIpc) is 2.89. The van der Waals surface area contributed by atoms with Crippen LogP contribution in [0.3, 0.4) is 0 Å². The van der Waals surface area contributed by atoms with Gasteiger partial charge >= 0.3 is 6.01 Å². The summed E-state index contributed by atoms with van der Waals surface area (Å²) in [6.07, 6.45) is 0. The number of tetrazole rings is 1. The maximum atomic E-state index is 11.3. The van der Waals surface area contributed by atoms with Gasteiger partial charge in [0.1, 0.15) is 12.4 Å². The van der Waals surface area contributed by atoms with E-state index in [4.69, 9.17) is 21.1 Å². The van der Waals surface area contributed by atoms with E-state index in [1.807, 2.05) is 0 Å². The Bertz CT molecular complexity index is 662. The standard InChI is InChI=1S/C12H12BrClN4O3/c1-7-8(11(14)19)3-4-9(13)10(7)21-6-5-18-12(20-2)15-16-17-18/h3-4H,5-6H2,1-2H3. The average molecular weight is 376 g/mol. The number of nitrogens with zero attached hydrogens (tertiary/aromatic N) is 4. The number of carbonyl (C=O) groups excluding carboxylic acids is 1. The van der Waals surface area contributed by atoms with Gasteiger partial charge in [0.2, 0.25) is 0 Å². The molecule has 21 heavy (non-hydrogen) atoms. The van der Waals surface area contributed by atoms with Crippen LogP contribution in [0.2, 0.25) is 0 Å². The van der Waals surface area contributed by atoms with Gasteiger partial charge in [0.15, 0.2) is 0 Å². The SMILES string of the molecule is COc1nnnn1CCOc1c(Br)ccc(C(=O)Cl)c1C. The topological polar surface area (TPSA) is 79.1 Å². The molecule has 0 spiro atoms.